The number of benzene rings is 2. The molecule has 18 heavy (non-hydrogen) atoms. The fraction of sp³-hybridized carbons (Fsp3) is 0.200. The number of para-hydroxylation sites is 1. The summed E-state index contributed by atoms with van der Waals surface area (Å²) in [6.45, 7) is 0. The Morgan fingerprint density at radius 1 is 1.17 bits per heavy atom. The van der Waals surface area contributed by atoms with Crippen LogP contribution in [-0.2, 0) is 6.42 Å². The van der Waals surface area contributed by atoms with Crippen LogP contribution in [0.3, 0.4) is 0 Å². The van der Waals surface area contributed by atoms with Crippen molar-refractivity contribution >= 4 is 22.6 Å². The maximum atomic E-state index is 10.3. The zero-order valence-electron chi connectivity index (χ0n) is 10.1. The molecule has 0 fully saturated rings. The van der Waals surface area contributed by atoms with Crippen LogP contribution in [0.4, 0.5) is 0 Å². The molecule has 0 heterocycles. The molecule has 0 aliphatic carbocycles. The van der Waals surface area contributed by atoms with E-state index in [9.17, 15) is 5.11 Å². The Morgan fingerprint density at radius 2 is 1.94 bits per heavy atom. The van der Waals surface area contributed by atoms with Crippen LogP contribution in [0.15, 0.2) is 48.5 Å². The van der Waals surface area contributed by atoms with Gasteiger partial charge in [-0.25, -0.2) is 0 Å². The quantitative estimate of drug-likeness (QED) is 0.851. The Balaban J connectivity index is 2.18. The zero-order chi connectivity index (χ0) is 13.0. The van der Waals surface area contributed by atoms with Gasteiger partial charge in [-0.2, -0.15) is 0 Å². The molecule has 2 rings (SSSR count). The first-order chi connectivity index (χ1) is 8.70. The smallest absolute Gasteiger partial charge is 0.122 e. The second-order valence-electron chi connectivity index (χ2n) is 4.09. The summed E-state index contributed by atoms with van der Waals surface area (Å²) in [5, 5.41) is 10.3. The summed E-state index contributed by atoms with van der Waals surface area (Å²) in [4.78, 5) is 0. The summed E-state index contributed by atoms with van der Waals surface area (Å²) in [5.74, 6) is 0.821. The molecule has 0 aliphatic rings. The lowest BCUT2D eigenvalue weighted by Crippen LogP contribution is -2.03. The van der Waals surface area contributed by atoms with E-state index in [0.29, 0.717) is 6.42 Å². The van der Waals surface area contributed by atoms with Gasteiger partial charge in [0.1, 0.15) is 5.75 Å². The first kappa shape index (κ1) is 13.4. The SMILES string of the molecule is COc1ccccc1CC(O)c1cccc(I)c1. The van der Waals surface area contributed by atoms with Gasteiger partial charge in [0, 0.05) is 9.99 Å². The second kappa shape index (κ2) is 6.20. The Kier molecular flexibility index (Phi) is 4.60. The lowest BCUT2D eigenvalue weighted by Gasteiger charge is -2.14. The van der Waals surface area contributed by atoms with Crippen molar-refractivity contribution < 1.29 is 9.84 Å². The molecule has 2 aromatic carbocycles. The average Bonchev–Trinajstić information content (AvgIpc) is 2.39. The lowest BCUT2D eigenvalue weighted by atomic mass is 10.0. The molecule has 0 spiro atoms. The number of ether oxygens (including phenoxy) is 1. The van der Waals surface area contributed by atoms with Gasteiger partial charge in [0.2, 0.25) is 0 Å². The van der Waals surface area contributed by atoms with Gasteiger partial charge in [0.15, 0.2) is 0 Å². The monoisotopic (exact) mass is 354 g/mol. The number of aliphatic hydroxyl groups is 1. The second-order valence-corrected chi connectivity index (χ2v) is 5.33. The standard InChI is InChI=1S/C15H15IO2/c1-18-15-8-3-2-5-12(15)10-14(17)11-6-4-7-13(16)9-11/h2-9,14,17H,10H2,1H3. The predicted molar refractivity (Wildman–Crippen MR) is 80.8 cm³/mol. The van der Waals surface area contributed by atoms with Crippen LogP contribution in [-0.4, -0.2) is 12.2 Å². The summed E-state index contributed by atoms with van der Waals surface area (Å²) in [5.41, 5.74) is 1.96. The highest BCUT2D eigenvalue weighted by Crippen LogP contribution is 2.25. The van der Waals surface area contributed by atoms with Crippen LogP contribution in [0, 0.1) is 3.57 Å². The number of hydrogen-bond acceptors (Lipinski definition) is 2. The van der Waals surface area contributed by atoms with Crippen molar-refractivity contribution in [2.75, 3.05) is 7.11 Å². The molecule has 1 unspecified atom stereocenters. The molecule has 0 saturated carbocycles. The van der Waals surface area contributed by atoms with Crippen molar-refractivity contribution in [2.24, 2.45) is 0 Å². The Morgan fingerprint density at radius 3 is 2.67 bits per heavy atom. The van der Waals surface area contributed by atoms with Crippen LogP contribution in [0.5, 0.6) is 5.75 Å². The van der Waals surface area contributed by atoms with Crippen LogP contribution >= 0.6 is 22.6 Å². The highest BCUT2D eigenvalue weighted by Gasteiger charge is 2.11. The van der Waals surface area contributed by atoms with Gasteiger partial charge in [-0.15, -0.1) is 0 Å². The van der Waals surface area contributed by atoms with Crippen molar-refractivity contribution in [3.05, 3.63) is 63.2 Å². The number of aliphatic hydroxyl groups excluding tert-OH is 1. The summed E-state index contributed by atoms with van der Waals surface area (Å²) in [7, 11) is 1.65. The maximum Gasteiger partial charge on any atom is 0.122 e. The Hall–Kier alpha value is -1.07. The third kappa shape index (κ3) is 3.23. The zero-order valence-corrected chi connectivity index (χ0v) is 12.3. The highest BCUT2D eigenvalue weighted by atomic mass is 127. The lowest BCUT2D eigenvalue weighted by molar-refractivity contribution is 0.177. The summed E-state index contributed by atoms with van der Waals surface area (Å²) in [6.07, 6.45) is 0.0559. The number of hydrogen-bond donors (Lipinski definition) is 1. The van der Waals surface area contributed by atoms with Crippen LogP contribution < -0.4 is 4.74 Å². The molecule has 2 aromatic rings. The van der Waals surface area contributed by atoms with Gasteiger partial charge in [-0.1, -0.05) is 30.3 Å². The number of halogens is 1. The van der Waals surface area contributed by atoms with Crippen LogP contribution in [0.25, 0.3) is 0 Å². The van der Waals surface area contributed by atoms with Crippen LogP contribution in [0.1, 0.15) is 17.2 Å². The van der Waals surface area contributed by atoms with E-state index < -0.39 is 6.10 Å². The first-order valence-electron chi connectivity index (χ1n) is 5.76. The number of methoxy groups -OCH3 is 1. The van der Waals surface area contributed by atoms with Gasteiger partial charge >= 0.3 is 0 Å². The topological polar surface area (TPSA) is 29.5 Å². The molecule has 0 aromatic heterocycles. The van der Waals surface area contributed by atoms with E-state index in [2.05, 4.69) is 22.6 Å². The van der Waals surface area contributed by atoms with Crippen molar-refractivity contribution in [1.29, 1.82) is 0 Å². The third-order valence-corrected chi connectivity index (χ3v) is 3.51. The number of rotatable bonds is 4. The molecule has 3 heteroatoms. The fourth-order valence-corrected chi connectivity index (χ4v) is 2.48. The summed E-state index contributed by atoms with van der Waals surface area (Å²) >= 11 is 2.25. The van der Waals surface area contributed by atoms with E-state index in [-0.39, 0.29) is 0 Å². The minimum atomic E-state index is -0.504. The molecule has 94 valence electrons. The van der Waals surface area contributed by atoms with E-state index in [4.69, 9.17) is 4.74 Å². The van der Waals surface area contributed by atoms with Crippen molar-refractivity contribution in [2.45, 2.75) is 12.5 Å². The molecule has 1 atom stereocenters. The third-order valence-electron chi connectivity index (χ3n) is 2.84. The van der Waals surface area contributed by atoms with Gasteiger partial charge in [0.25, 0.3) is 0 Å². The minimum Gasteiger partial charge on any atom is -0.496 e. The van der Waals surface area contributed by atoms with Gasteiger partial charge in [-0.3, -0.25) is 0 Å². The van der Waals surface area contributed by atoms with Gasteiger partial charge in [0.05, 0.1) is 13.2 Å². The van der Waals surface area contributed by atoms with Gasteiger partial charge < -0.3 is 9.84 Å². The summed E-state index contributed by atoms with van der Waals surface area (Å²) < 4.78 is 6.42. The normalized spacial score (nSPS) is 12.2. The van der Waals surface area contributed by atoms with Crippen molar-refractivity contribution in [3.8, 4) is 5.75 Å². The molecule has 1 N–H and O–H groups in total. The Labute approximate surface area is 121 Å². The fourth-order valence-electron chi connectivity index (χ4n) is 1.91. The average molecular weight is 354 g/mol. The van der Waals surface area contributed by atoms with E-state index in [1.165, 1.54) is 0 Å². The molecular weight excluding hydrogens is 339 g/mol. The molecule has 0 radical (unpaired) electrons. The van der Waals surface area contributed by atoms with E-state index in [1.54, 1.807) is 7.11 Å². The van der Waals surface area contributed by atoms with Crippen molar-refractivity contribution in [3.63, 3.8) is 0 Å². The van der Waals surface area contributed by atoms with E-state index in [0.717, 1.165) is 20.4 Å². The first-order valence-corrected chi connectivity index (χ1v) is 6.84. The minimum absolute atomic E-state index is 0.504. The van der Waals surface area contributed by atoms with Crippen LogP contribution in [0.2, 0.25) is 0 Å². The largest absolute Gasteiger partial charge is 0.496 e. The van der Waals surface area contributed by atoms with E-state index >= 15 is 0 Å². The molecule has 0 amide bonds. The molecule has 0 saturated heterocycles. The highest BCUT2D eigenvalue weighted by molar-refractivity contribution is 14.1. The van der Waals surface area contributed by atoms with Crippen molar-refractivity contribution in [1.82, 2.24) is 0 Å². The molecular formula is C15H15IO2. The maximum absolute atomic E-state index is 10.3. The molecule has 0 bridgehead atoms. The van der Waals surface area contributed by atoms with E-state index in [1.807, 2.05) is 48.5 Å². The molecule has 0 aliphatic heterocycles. The predicted octanol–water partition coefficient (Wildman–Crippen LogP) is 3.58. The summed E-state index contributed by atoms with van der Waals surface area (Å²) in [6, 6.07) is 15.7. The van der Waals surface area contributed by atoms with Gasteiger partial charge in [-0.05, 0) is 51.9 Å². The molecule has 2 nitrogen and oxygen atoms in total. The Bertz CT molecular complexity index is 525.